The molecular weight excluding hydrogens is 1250 g/mol. The zero-order valence-electron chi connectivity index (χ0n) is 58.5. The highest BCUT2D eigenvalue weighted by Crippen LogP contribution is 2.35. The van der Waals surface area contributed by atoms with Gasteiger partial charge in [-0.05, 0) is 221 Å². The van der Waals surface area contributed by atoms with E-state index in [2.05, 4.69) is 99.3 Å². The molecule has 8 rings (SSSR count). The Bertz CT molecular complexity index is 3330. The summed E-state index contributed by atoms with van der Waals surface area (Å²) in [7, 11) is 1.68. The van der Waals surface area contributed by atoms with Gasteiger partial charge in [0.05, 0.1) is 18.2 Å². The number of nitrogens with zero attached hydrogens (tertiary/aromatic N) is 2. The number of aryl methyl sites for hydroxylation is 4. The van der Waals surface area contributed by atoms with Gasteiger partial charge >= 0.3 is 18.3 Å². The SMILES string of the molecule is CC(C)c1ccc(C(=O)O)nc1.CC(C)c1ccc(C(F)(F)F)cc1Cl.CC(C)c1ccc[n+](O)c1.COc1ccc(C(C)C)cc1.Cc1cc(C(F)(F)F)ccc1C(C)C.Cc1cc(Cl)ccc1C(C)C.Cc1cc(F)ccc1C(C)C.Cc1cc(F)ccc1C(C)C. The van der Waals surface area contributed by atoms with Crippen LogP contribution < -0.4 is 9.47 Å². The fraction of sp³-hybridized carbons (Fsp3) is 0.397. The Hall–Kier alpha value is -7.29. The highest BCUT2D eigenvalue weighted by Gasteiger charge is 2.32. The van der Waals surface area contributed by atoms with Crippen molar-refractivity contribution in [1.29, 1.82) is 0 Å². The van der Waals surface area contributed by atoms with Crippen LogP contribution in [0.25, 0.3) is 0 Å². The highest BCUT2D eigenvalue weighted by molar-refractivity contribution is 6.31. The highest BCUT2D eigenvalue weighted by atomic mass is 35.5. The molecule has 8 aromatic rings. The molecule has 0 atom stereocenters. The number of hydrogen-bond acceptors (Lipinski definition) is 4. The van der Waals surface area contributed by atoms with Crippen LogP contribution in [-0.2, 0) is 12.4 Å². The third-order valence-electron chi connectivity index (χ3n) is 14.7. The molecule has 6 aromatic carbocycles. The Morgan fingerprint density at radius 2 is 0.830 bits per heavy atom. The summed E-state index contributed by atoms with van der Waals surface area (Å²) in [6.07, 6.45) is -3.63. The third-order valence-corrected chi connectivity index (χ3v) is 15.2. The van der Waals surface area contributed by atoms with Crippen LogP contribution in [0.2, 0.25) is 10.0 Å². The van der Waals surface area contributed by atoms with E-state index in [9.17, 15) is 39.9 Å². The van der Waals surface area contributed by atoms with Gasteiger partial charge < -0.3 is 9.84 Å². The molecule has 0 radical (unpaired) electrons. The predicted molar refractivity (Wildman–Crippen MR) is 372 cm³/mol. The molecule has 2 N–H and O–H groups in total. The van der Waals surface area contributed by atoms with Crippen molar-refractivity contribution < 1.29 is 59.7 Å². The number of carboxylic acids is 1. The molecule has 6 nitrogen and oxygen atoms in total. The zero-order valence-corrected chi connectivity index (χ0v) is 60.0. The van der Waals surface area contributed by atoms with Gasteiger partial charge in [0, 0.05) is 32.6 Å². The molecular formula is C78H99Cl2F8N2O4+. The molecule has 94 heavy (non-hydrogen) atoms. The summed E-state index contributed by atoms with van der Waals surface area (Å²) in [5.74, 6) is 3.06. The van der Waals surface area contributed by atoms with E-state index in [1.165, 1.54) is 58.1 Å². The summed E-state index contributed by atoms with van der Waals surface area (Å²) in [6.45, 7) is 40.9. The molecule has 16 heteroatoms. The number of aromatic carboxylic acids is 1. The quantitative estimate of drug-likeness (QED) is 0.0810. The van der Waals surface area contributed by atoms with Crippen LogP contribution in [0.3, 0.4) is 0 Å². The van der Waals surface area contributed by atoms with E-state index < -0.39 is 29.4 Å². The van der Waals surface area contributed by atoms with Crippen molar-refractivity contribution in [3.05, 3.63) is 263 Å². The molecule has 0 unspecified atom stereocenters. The first-order valence-corrected chi connectivity index (χ1v) is 32.1. The summed E-state index contributed by atoms with van der Waals surface area (Å²) < 4.78 is 105. The largest absolute Gasteiger partial charge is 0.497 e. The van der Waals surface area contributed by atoms with Crippen molar-refractivity contribution in [3.63, 3.8) is 0 Å². The molecule has 2 aromatic heterocycles. The number of carbonyl (C=O) groups is 1. The second-order valence-electron chi connectivity index (χ2n) is 25.1. The lowest BCUT2D eigenvalue weighted by atomic mass is 9.96. The van der Waals surface area contributed by atoms with Crippen LogP contribution in [0.1, 0.15) is 246 Å². The summed E-state index contributed by atoms with van der Waals surface area (Å²) in [5.41, 5.74) is 12.0. The Kier molecular flexibility index (Phi) is 36.8. The molecule has 0 saturated heterocycles. The Morgan fingerprint density at radius 3 is 1.14 bits per heavy atom. The molecule has 0 aliphatic carbocycles. The molecule has 0 fully saturated rings. The fourth-order valence-electron chi connectivity index (χ4n) is 9.22. The van der Waals surface area contributed by atoms with Crippen molar-refractivity contribution in [2.45, 2.75) is 198 Å². The van der Waals surface area contributed by atoms with Gasteiger partial charge in [-0.1, -0.05) is 183 Å². The van der Waals surface area contributed by atoms with E-state index in [0.29, 0.717) is 41.1 Å². The topological polar surface area (TPSA) is 83.5 Å². The molecule has 514 valence electrons. The number of pyridine rings is 2. The van der Waals surface area contributed by atoms with Crippen molar-refractivity contribution >= 4 is 29.2 Å². The monoisotopic (exact) mass is 1350 g/mol. The van der Waals surface area contributed by atoms with E-state index in [-0.39, 0.29) is 34.2 Å². The predicted octanol–water partition coefficient (Wildman–Crippen LogP) is 25.0. The maximum absolute atomic E-state index is 12.6. The van der Waals surface area contributed by atoms with Crippen molar-refractivity contribution in [2.75, 3.05) is 7.11 Å². The lowest BCUT2D eigenvalue weighted by Crippen LogP contribution is -2.28. The first-order valence-electron chi connectivity index (χ1n) is 31.4. The van der Waals surface area contributed by atoms with Crippen LogP contribution >= 0.6 is 23.2 Å². The van der Waals surface area contributed by atoms with Crippen LogP contribution in [0, 0.1) is 39.3 Å². The molecule has 0 aliphatic heterocycles. The summed E-state index contributed by atoms with van der Waals surface area (Å²) in [4.78, 5) is 14.2. The molecule has 0 saturated carbocycles. The molecule has 0 aliphatic rings. The van der Waals surface area contributed by atoms with E-state index in [4.69, 9.17) is 38.3 Å². The van der Waals surface area contributed by atoms with Gasteiger partial charge in [-0.3, -0.25) is 5.21 Å². The Labute approximate surface area is 565 Å². The van der Waals surface area contributed by atoms with Crippen LogP contribution in [0.4, 0.5) is 35.1 Å². The third kappa shape index (κ3) is 31.3. The number of ether oxygens (including phenoxy) is 1. The maximum Gasteiger partial charge on any atom is 0.416 e. The van der Waals surface area contributed by atoms with E-state index in [1.54, 1.807) is 56.9 Å². The van der Waals surface area contributed by atoms with Gasteiger partial charge in [-0.25, -0.2) is 18.6 Å². The van der Waals surface area contributed by atoms with Crippen LogP contribution in [0.15, 0.2) is 158 Å². The normalized spacial score (nSPS) is 11.0. The van der Waals surface area contributed by atoms with Gasteiger partial charge in [0.15, 0.2) is 0 Å². The molecule has 0 amide bonds. The number of hydrogen-bond donors (Lipinski definition) is 2. The minimum Gasteiger partial charge on any atom is -0.497 e. The number of aromatic nitrogens is 2. The minimum atomic E-state index is -4.32. The smallest absolute Gasteiger partial charge is 0.416 e. The maximum atomic E-state index is 12.6. The fourth-order valence-corrected chi connectivity index (χ4v) is 9.84. The minimum absolute atomic E-state index is 0.0967. The number of alkyl halides is 6. The summed E-state index contributed by atoms with van der Waals surface area (Å²) >= 11 is 11.6. The van der Waals surface area contributed by atoms with E-state index in [0.717, 1.165) is 67.1 Å². The molecule has 2 heterocycles. The number of benzene rings is 6. The summed E-state index contributed by atoms with van der Waals surface area (Å²) in [5, 5.41) is 18.5. The number of rotatable bonds is 10. The van der Waals surface area contributed by atoms with Crippen LogP contribution in [0.5, 0.6) is 5.75 Å². The van der Waals surface area contributed by atoms with Gasteiger partial charge in [0.25, 0.3) is 0 Å². The van der Waals surface area contributed by atoms with Crippen molar-refractivity contribution in [1.82, 2.24) is 4.98 Å². The first kappa shape index (κ1) is 84.7. The Balaban J connectivity index is 0.000000538. The van der Waals surface area contributed by atoms with Gasteiger partial charge in [-0.2, -0.15) is 26.3 Å². The van der Waals surface area contributed by atoms with Gasteiger partial charge in [0.1, 0.15) is 23.1 Å². The second kappa shape index (κ2) is 40.8. The lowest BCUT2D eigenvalue weighted by molar-refractivity contribution is -0.905. The van der Waals surface area contributed by atoms with E-state index >= 15 is 0 Å². The average molecular weight is 1350 g/mol. The summed E-state index contributed by atoms with van der Waals surface area (Å²) in [6, 6.07) is 38.7. The molecule has 0 spiro atoms. The standard InChI is InChI=1S/C11H13F3.C10H10ClF3.C10H13Cl.2C10H13F.C10H14O.C9H11NO2.C8H12NO/c1-7(2)10-5-4-9(6-8(10)3)11(12,13)14;1-6(2)8-4-3-7(5-9(8)11)10(12,13)14;3*1-7(2)10-5-4-9(11)6-8(10)3;1-8(2)9-4-6-10(11-3)7-5-9;1-6(2)7-3-4-8(9(11)12)10-5-7;1-7(2)8-4-3-5-9(10)6-8/h4-7H,1-3H3;3-6H,1-2H3;3*4-7H,1-3H3;4-8H,1-3H3;3-6H,1-2H3,(H,11,12);3-7,10H,1-2H3/q;;;;;;;+1. The lowest BCUT2D eigenvalue weighted by Gasteiger charge is -2.13. The van der Waals surface area contributed by atoms with E-state index in [1.807, 2.05) is 104 Å². The number of carboxylic acid groups (broad SMARTS) is 1. The Morgan fingerprint density at radius 1 is 0.457 bits per heavy atom. The molecule has 0 bridgehead atoms. The second-order valence-corrected chi connectivity index (χ2v) is 26.0. The first-order chi connectivity index (χ1) is 43.5. The average Bonchev–Trinajstić information content (AvgIpc) is 0.874. The van der Waals surface area contributed by atoms with Gasteiger partial charge in [0.2, 0.25) is 12.4 Å². The van der Waals surface area contributed by atoms with Crippen molar-refractivity contribution in [3.8, 4) is 5.75 Å². The van der Waals surface area contributed by atoms with Crippen molar-refractivity contribution in [2.24, 2.45) is 0 Å². The van der Waals surface area contributed by atoms with Gasteiger partial charge in [-0.15, -0.1) is 0 Å². The number of halogens is 10. The number of methoxy groups -OCH3 is 1. The van der Waals surface area contributed by atoms with Crippen LogP contribution in [-0.4, -0.2) is 28.4 Å². The zero-order chi connectivity index (χ0) is 72.1.